The van der Waals surface area contributed by atoms with Gasteiger partial charge in [-0.2, -0.15) is 13.2 Å². The third-order valence-corrected chi connectivity index (χ3v) is 2.62. The van der Waals surface area contributed by atoms with Crippen LogP contribution in [0, 0.1) is 0 Å². The summed E-state index contributed by atoms with van der Waals surface area (Å²) in [6.45, 7) is 0. The number of benzene rings is 1. The first-order chi connectivity index (χ1) is 7.41. The zero-order valence-electron chi connectivity index (χ0n) is 9.03. The Hall–Kier alpha value is -1.20. The van der Waals surface area contributed by atoms with Crippen LogP contribution >= 0.6 is 12.4 Å². The van der Waals surface area contributed by atoms with Crippen molar-refractivity contribution in [3.63, 3.8) is 0 Å². The number of hydrogen-bond acceptors (Lipinski definition) is 1. The Kier molecular flexibility index (Phi) is 3.74. The summed E-state index contributed by atoms with van der Waals surface area (Å²) in [5, 5.41) is 0.551. The number of rotatable bonds is 1. The Bertz CT molecular complexity index is 519. The van der Waals surface area contributed by atoms with Crippen molar-refractivity contribution in [3.05, 3.63) is 36.0 Å². The number of alkyl halides is 3. The number of aryl methyl sites for hydroxylation is 1. The van der Waals surface area contributed by atoms with Gasteiger partial charge in [-0.25, -0.2) is 0 Å². The summed E-state index contributed by atoms with van der Waals surface area (Å²) in [5.74, 6) is 0. The van der Waals surface area contributed by atoms with Crippen LogP contribution in [0.1, 0.15) is 11.6 Å². The number of para-hydroxylation sites is 1. The van der Waals surface area contributed by atoms with Crippen LogP contribution < -0.4 is 5.73 Å². The van der Waals surface area contributed by atoms with Crippen molar-refractivity contribution in [3.8, 4) is 0 Å². The van der Waals surface area contributed by atoms with Crippen molar-refractivity contribution < 1.29 is 13.2 Å². The zero-order valence-corrected chi connectivity index (χ0v) is 9.85. The third kappa shape index (κ3) is 2.40. The largest absolute Gasteiger partial charge is 0.407 e. The number of nitrogens with zero attached hydrogens (tertiary/aromatic N) is 1. The van der Waals surface area contributed by atoms with Crippen LogP contribution in [0.5, 0.6) is 0 Å². The molecule has 0 bridgehead atoms. The van der Waals surface area contributed by atoms with Crippen LogP contribution in [0.15, 0.2) is 30.5 Å². The highest BCUT2D eigenvalue weighted by Gasteiger charge is 2.39. The molecule has 0 saturated heterocycles. The fourth-order valence-corrected chi connectivity index (χ4v) is 1.80. The number of halogens is 4. The Balaban J connectivity index is 0.00000144. The van der Waals surface area contributed by atoms with Gasteiger partial charge in [0.2, 0.25) is 0 Å². The first-order valence-corrected chi connectivity index (χ1v) is 4.77. The summed E-state index contributed by atoms with van der Waals surface area (Å²) in [7, 11) is 1.70. The molecule has 2 rings (SSSR count). The summed E-state index contributed by atoms with van der Waals surface area (Å²) in [4.78, 5) is 0. The molecular weight excluding hydrogens is 253 g/mol. The fourth-order valence-electron chi connectivity index (χ4n) is 1.80. The lowest BCUT2D eigenvalue weighted by atomic mass is 10.1. The minimum atomic E-state index is -4.41. The average Bonchev–Trinajstić information content (AvgIpc) is 2.55. The molecule has 0 fully saturated rings. The monoisotopic (exact) mass is 264 g/mol. The average molecular weight is 265 g/mol. The van der Waals surface area contributed by atoms with Crippen LogP contribution in [0.3, 0.4) is 0 Å². The highest BCUT2D eigenvalue weighted by atomic mass is 35.5. The second kappa shape index (κ2) is 4.58. The van der Waals surface area contributed by atoms with Crippen LogP contribution in [0.25, 0.3) is 10.9 Å². The summed E-state index contributed by atoms with van der Waals surface area (Å²) in [6.07, 6.45) is -2.98. The van der Waals surface area contributed by atoms with Crippen molar-refractivity contribution in [2.45, 2.75) is 12.2 Å². The van der Waals surface area contributed by atoms with Gasteiger partial charge in [0.15, 0.2) is 0 Å². The molecule has 1 atom stereocenters. The lowest BCUT2D eigenvalue weighted by molar-refractivity contribution is -0.148. The first kappa shape index (κ1) is 13.9. The van der Waals surface area contributed by atoms with Crippen molar-refractivity contribution in [1.29, 1.82) is 0 Å². The van der Waals surface area contributed by atoms with Crippen molar-refractivity contribution in [2.24, 2.45) is 12.8 Å². The number of fused-ring (bicyclic) bond motifs is 1. The highest BCUT2D eigenvalue weighted by Crippen LogP contribution is 2.34. The van der Waals surface area contributed by atoms with Gasteiger partial charge in [-0.3, -0.25) is 0 Å². The Morgan fingerprint density at radius 3 is 2.41 bits per heavy atom. The maximum atomic E-state index is 12.5. The van der Waals surface area contributed by atoms with E-state index in [1.54, 1.807) is 35.9 Å². The SMILES string of the molecule is Cl.Cn1cc([C@H](N)C(F)(F)F)c2ccccc21. The minimum Gasteiger partial charge on any atom is -0.350 e. The highest BCUT2D eigenvalue weighted by molar-refractivity contribution is 5.85. The van der Waals surface area contributed by atoms with Gasteiger partial charge >= 0.3 is 6.18 Å². The molecule has 2 nitrogen and oxygen atoms in total. The molecule has 1 aromatic heterocycles. The quantitative estimate of drug-likeness (QED) is 0.843. The first-order valence-electron chi connectivity index (χ1n) is 4.77. The van der Waals surface area contributed by atoms with Crippen molar-refractivity contribution >= 4 is 23.3 Å². The minimum absolute atomic E-state index is 0. The molecule has 0 aliphatic carbocycles. The van der Waals surface area contributed by atoms with Gasteiger partial charge in [0.05, 0.1) is 0 Å². The Labute approximate surface area is 103 Å². The zero-order chi connectivity index (χ0) is 11.9. The Morgan fingerprint density at radius 1 is 1.24 bits per heavy atom. The lowest BCUT2D eigenvalue weighted by Crippen LogP contribution is -2.28. The number of hydrogen-bond donors (Lipinski definition) is 1. The molecule has 1 heterocycles. The molecule has 0 spiro atoms. The van der Waals surface area contributed by atoms with E-state index < -0.39 is 12.2 Å². The van der Waals surface area contributed by atoms with Gasteiger partial charge in [-0.1, -0.05) is 18.2 Å². The van der Waals surface area contributed by atoms with E-state index in [4.69, 9.17) is 5.73 Å². The normalized spacial score (nSPS) is 13.5. The van der Waals surface area contributed by atoms with Gasteiger partial charge in [0, 0.05) is 29.7 Å². The topological polar surface area (TPSA) is 30.9 Å². The summed E-state index contributed by atoms with van der Waals surface area (Å²) in [5.41, 5.74) is 6.08. The van der Waals surface area contributed by atoms with E-state index in [1.807, 2.05) is 0 Å². The second-order valence-electron chi connectivity index (χ2n) is 3.73. The standard InChI is InChI=1S/C11H11F3N2.ClH/c1-16-6-8(10(15)11(12,13)14)7-4-2-3-5-9(7)16;/h2-6,10H,15H2,1H3;1H/t10-;/m0./s1. The molecule has 6 heteroatoms. The molecular formula is C11H12ClF3N2. The van der Waals surface area contributed by atoms with Crippen LogP contribution in [-0.4, -0.2) is 10.7 Å². The molecule has 2 N–H and O–H groups in total. The van der Waals surface area contributed by atoms with Gasteiger partial charge in [-0.05, 0) is 6.07 Å². The molecule has 0 aliphatic rings. The third-order valence-electron chi connectivity index (χ3n) is 2.62. The van der Waals surface area contributed by atoms with E-state index in [9.17, 15) is 13.2 Å². The molecule has 0 amide bonds. The molecule has 0 aliphatic heterocycles. The van der Waals surface area contributed by atoms with Crippen LogP contribution in [0.4, 0.5) is 13.2 Å². The van der Waals surface area contributed by atoms with Gasteiger partial charge in [-0.15, -0.1) is 12.4 Å². The predicted octanol–water partition coefficient (Wildman–Crippen LogP) is 3.16. The predicted molar refractivity (Wildman–Crippen MR) is 63.2 cm³/mol. The number of nitrogens with two attached hydrogens (primary N) is 1. The molecule has 0 radical (unpaired) electrons. The van der Waals surface area contributed by atoms with Crippen LogP contribution in [0.2, 0.25) is 0 Å². The number of aromatic nitrogens is 1. The molecule has 0 saturated carbocycles. The fraction of sp³-hybridized carbons (Fsp3) is 0.273. The van der Waals surface area contributed by atoms with E-state index >= 15 is 0 Å². The lowest BCUT2D eigenvalue weighted by Gasteiger charge is -2.14. The molecule has 17 heavy (non-hydrogen) atoms. The van der Waals surface area contributed by atoms with E-state index in [0.29, 0.717) is 5.39 Å². The van der Waals surface area contributed by atoms with Crippen LogP contribution in [-0.2, 0) is 7.05 Å². The van der Waals surface area contributed by atoms with Crippen molar-refractivity contribution in [2.75, 3.05) is 0 Å². The molecule has 0 unspecified atom stereocenters. The van der Waals surface area contributed by atoms with E-state index in [-0.39, 0.29) is 18.0 Å². The smallest absolute Gasteiger partial charge is 0.350 e. The van der Waals surface area contributed by atoms with E-state index in [0.717, 1.165) is 5.52 Å². The van der Waals surface area contributed by atoms with Gasteiger partial charge in [0.1, 0.15) is 6.04 Å². The van der Waals surface area contributed by atoms with E-state index in [1.165, 1.54) is 6.20 Å². The molecule has 1 aromatic carbocycles. The van der Waals surface area contributed by atoms with Gasteiger partial charge in [0.25, 0.3) is 0 Å². The Morgan fingerprint density at radius 2 is 1.82 bits per heavy atom. The molecule has 2 aromatic rings. The maximum Gasteiger partial charge on any atom is 0.407 e. The molecule has 94 valence electrons. The second-order valence-corrected chi connectivity index (χ2v) is 3.73. The summed E-state index contributed by atoms with van der Waals surface area (Å²) in [6, 6.07) is 4.97. The van der Waals surface area contributed by atoms with E-state index in [2.05, 4.69) is 0 Å². The van der Waals surface area contributed by atoms with Crippen molar-refractivity contribution in [1.82, 2.24) is 4.57 Å². The summed E-state index contributed by atoms with van der Waals surface area (Å²) >= 11 is 0. The summed E-state index contributed by atoms with van der Waals surface area (Å²) < 4.78 is 39.3. The van der Waals surface area contributed by atoms with Gasteiger partial charge < -0.3 is 10.3 Å². The maximum absolute atomic E-state index is 12.5.